The van der Waals surface area contributed by atoms with Crippen molar-refractivity contribution in [1.29, 1.82) is 0 Å². The first-order valence-electron chi connectivity index (χ1n) is 8.02. The van der Waals surface area contributed by atoms with Crippen molar-refractivity contribution in [2.45, 2.75) is 30.6 Å². The lowest BCUT2D eigenvalue weighted by molar-refractivity contribution is -0.139. The van der Waals surface area contributed by atoms with Gasteiger partial charge in [0.25, 0.3) is 0 Å². The van der Waals surface area contributed by atoms with Gasteiger partial charge in [-0.2, -0.15) is 4.31 Å². The molecule has 6 nitrogen and oxygen atoms in total. The SMILES string of the molecule is O=C(O)COc1ccc(S(=O)(=O)N2CCCC(C3CC3)C2)cc1F. The number of aliphatic carboxylic acids is 1. The number of rotatable bonds is 6. The number of halogens is 1. The van der Waals surface area contributed by atoms with Crippen LogP contribution >= 0.6 is 0 Å². The first-order valence-corrected chi connectivity index (χ1v) is 9.46. The zero-order valence-electron chi connectivity index (χ0n) is 13.2. The molecule has 1 unspecified atom stereocenters. The lowest BCUT2D eigenvalue weighted by Gasteiger charge is -2.32. The molecular formula is C16H20FNO5S. The van der Waals surface area contributed by atoms with E-state index in [1.807, 2.05) is 0 Å². The van der Waals surface area contributed by atoms with Crippen LogP contribution < -0.4 is 4.74 Å². The summed E-state index contributed by atoms with van der Waals surface area (Å²) in [6, 6.07) is 3.32. The lowest BCUT2D eigenvalue weighted by atomic mass is 9.95. The van der Waals surface area contributed by atoms with Crippen molar-refractivity contribution < 1.29 is 27.4 Å². The number of carboxylic acid groups (broad SMARTS) is 1. The minimum absolute atomic E-state index is 0.126. The van der Waals surface area contributed by atoms with Gasteiger partial charge in [0.15, 0.2) is 18.2 Å². The Morgan fingerprint density at radius 3 is 2.67 bits per heavy atom. The van der Waals surface area contributed by atoms with E-state index in [9.17, 15) is 17.6 Å². The van der Waals surface area contributed by atoms with E-state index in [4.69, 9.17) is 9.84 Å². The fourth-order valence-electron chi connectivity index (χ4n) is 3.19. The molecule has 1 aliphatic heterocycles. The smallest absolute Gasteiger partial charge is 0.341 e. The number of nitrogens with zero attached hydrogens (tertiary/aromatic N) is 1. The highest BCUT2D eigenvalue weighted by molar-refractivity contribution is 7.89. The zero-order valence-corrected chi connectivity index (χ0v) is 14.0. The van der Waals surface area contributed by atoms with E-state index in [1.54, 1.807) is 0 Å². The highest BCUT2D eigenvalue weighted by atomic mass is 32.2. The Balaban J connectivity index is 1.76. The average Bonchev–Trinajstić information content (AvgIpc) is 3.38. The van der Waals surface area contributed by atoms with Gasteiger partial charge in [0.2, 0.25) is 10.0 Å². The molecule has 1 aromatic carbocycles. The minimum atomic E-state index is -3.75. The van der Waals surface area contributed by atoms with Crippen molar-refractivity contribution in [3.8, 4) is 5.75 Å². The number of piperidine rings is 1. The lowest BCUT2D eigenvalue weighted by Crippen LogP contribution is -2.40. The van der Waals surface area contributed by atoms with E-state index in [-0.39, 0.29) is 10.6 Å². The molecule has 2 aliphatic rings. The van der Waals surface area contributed by atoms with E-state index in [0.717, 1.165) is 25.0 Å². The Bertz CT molecular complexity index is 732. The van der Waals surface area contributed by atoms with Crippen molar-refractivity contribution in [1.82, 2.24) is 4.31 Å². The number of carbonyl (C=O) groups is 1. The number of benzene rings is 1. The van der Waals surface area contributed by atoms with Crippen molar-refractivity contribution in [3.05, 3.63) is 24.0 Å². The van der Waals surface area contributed by atoms with Gasteiger partial charge in [0.05, 0.1) is 4.90 Å². The first kappa shape index (κ1) is 17.2. The summed E-state index contributed by atoms with van der Waals surface area (Å²) in [5, 5.41) is 8.54. The molecule has 1 N–H and O–H groups in total. The fraction of sp³-hybridized carbons (Fsp3) is 0.562. The summed E-state index contributed by atoms with van der Waals surface area (Å²) in [6.07, 6.45) is 4.21. The van der Waals surface area contributed by atoms with Crippen molar-refractivity contribution >= 4 is 16.0 Å². The maximum absolute atomic E-state index is 14.0. The quantitative estimate of drug-likeness (QED) is 0.843. The second-order valence-corrected chi connectivity index (χ2v) is 8.32. The van der Waals surface area contributed by atoms with Gasteiger partial charge in [0, 0.05) is 13.1 Å². The van der Waals surface area contributed by atoms with E-state index in [0.29, 0.717) is 24.9 Å². The first-order chi connectivity index (χ1) is 11.4. The number of carboxylic acids is 1. The highest BCUT2D eigenvalue weighted by Crippen LogP contribution is 2.41. The highest BCUT2D eigenvalue weighted by Gasteiger charge is 2.38. The van der Waals surface area contributed by atoms with Gasteiger partial charge in [0.1, 0.15) is 0 Å². The van der Waals surface area contributed by atoms with E-state index in [2.05, 4.69) is 0 Å². The number of sulfonamides is 1. The molecule has 8 heteroatoms. The molecule has 24 heavy (non-hydrogen) atoms. The van der Waals surface area contributed by atoms with Crippen molar-refractivity contribution in [3.63, 3.8) is 0 Å². The molecule has 0 bridgehead atoms. The predicted octanol–water partition coefficient (Wildman–Crippen LogP) is 2.10. The van der Waals surface area contributed by atoms with Gasteiger partial charge in [-0.3, -0.25) is 0 Å². The normalized spacial score (nSPS) is 22.3. The number of hydrogen-bond donors (Lipinski definition) is 1. The molecule has 1 saturated heterocycles. The van der Waals surface area contributed by atoms with Crippen LogP contribution in [0.2, 0.25) is 0 Å². The van der Waals surface area contributed by atoms with Gasteiger partial charge in [-0.05, 0) is 55.7 Å². The third-order valence-corrected chi connectivity index (χ3v) is 6.46. The molecule has 3 rings (SSSR count). The Labute approximate surface area is 140 Å². The van der Waals surface area contributed by atoms with Gasteiger partial charge in [-0.1, -0.05) is 0 Å². The molecule has 1 atom stereocenters. The second-order valence-electron chi connectivity index (χ2n) is 6.38. The summed E-state index contributed by atoms with van der Waals surface area (Å²) in [5.41, 5.74) is 0. The molecule has 0 radical (unpaired) electrons. The van der Waals surface area contributed by atoms with Gasteiger partial charge in [-0.25, -0.2) is 17.6 Å². The van der Waals surface area contributed by atoms with E-state index in [1.165, 1.54) is 23.2 Å². The van der Waals surface area contributed by atoms with Crippen LogP contribution in [0.1, 0.15) is 25.7 Å². The molecule has 2 fully saturated rings. The third kappa shape index (κ3) is 3.70. The van der Waals surface area contributed by atoms with Gasteiger partial charge >= 0.3 is 5.97 Å². The minimum Gasteiger partial charge on any atom is -0.479 e. The maximum Gasteiger partial charge on any atom is 0.341 e. The predicted molar refractivity (Wildman–Crippen MR) is 83.7 cm³/mol. The van der Waals surface area contributed by atoms with Crippen molar-refractivity contribution in [2.24, 2.45) is 11.8 Å². The molecule has 1 aliphatic carbocycles. The van der Waals surface area contributed by atoms with Gasteiger partial charge in [-0.15, -0.1) is 0 Å². The van der Waals surface area contributed by atoms with Crippen LogP contribution in [0.3, 0.4) is 0 Å². The summed E-state index contributed by atoms with van der Waals surface area (Å²) >= 11 is 0. The average molecular weight is 357 g/mol. The van der Waals surface area contributed by atoms with Crippen LogP contribution in [-0.4, -0.2) is 43.5 Å². The third-order valence-electron chi connectivity index (χ3n) is 4.60. The number of ether oxygens (including phenoxy) is 1. The van der Waals surface area contributed by atoms with Crippen LogP contribution in [0.25, 0.3) is 0 Å². The van der Waals surface area contributed by atoms with Gasteiger partial charge < -0.3 is 9.84 Å². The van der Waals surface area contributed by atoms with Crippen molar-refractivity contribution in [2.75, 3.05) is 19.7 Å². The number of hydrogen-bond acceptors (Lipinski definition) is 4. The zero-order chi connectivity index (χ0) is 17.3. The summed E-state index contributed by atoms with van der Waals surface area (Å²) < 4.78 is 45.7. The molecule has 0 aromatic heterocycles. The molecular weight excluding hydrogens is 337 g/mol. The van der Waals surface area contributed by atoms with E-state index < -0.39 is 28.4 Å². The molecule has 132 valence electrons. The second kappa shape index (κ2) is 6.68. The topological polar surface area (TPSA) is 83.9 Å². The summed E-state index contributed by atoms with van der Waals surface area (Å²) in [4.78, 5) is 10.3. The fourth-order valence-corrected chi connectivity index (χ4v) is 4.74. The summed E-state index contributed by atoms with van der Waals surface area (Å²) in [7, 11) is -3.75. The Hall–Kier alpha value is -1.67. The van der Waals surface area contributed by atoms with Crippen LogP contribution in [0, 0.1) is 17.7 Å². The molecule has 1 aromatic rings. The Morgan fingerprint density at radius 2 is 2.04 bits per heavy atom. The van der Waals surface area contributed by atoms with Crippen LogP contribution in [0.15, 0.2) is 23.1 Å². The standard InChI is InChI=1S/C16H20FNO5S/c17-14-8-13(5-6-15(14)23-10-16(19)20)24(21,22)18-7-1-2-12(9-18)11-3-4-11/h5-6,8,11-12H,1-4,7,9-10H2,(H,19,20). The Morgan fingerprint density at radius 1 is 1.29 bits per heavy atom. The van der Waals surface area contributed by atoms with Crippen LogP contribution in [0.4, 0.5) is 4.39 Å². The summed E-state index contributed by atoms with van der Waals surface area (Å²) in [5.74, 6) is -1.35. The monoisotopic (exact) mass is 357 g/mol. The largest absolute Gasteiger partial charge is 0.479 e. The molecule has 0 amide bonds. The molecule has 1 heterocycles. The summed E-state index contributed by atoms with van der Waals surface area (Å²) in [6.45, 7) is 0.258. The van der Waals surface area contributed by atoms with Crippen LogP contribution in [0.5, 0.6) is 5.75 Å². The van der Waals surface area contributed by atoms with Crippen LogP contribution in [-0.2, 0) is 14.8 Å². The van der Waals surface area contributed by atoms with E-state index >= 15 is 0 Å². The molecule has 1 saturated carbocycles. The molecule has 0 spiro atoms. The Kier molecular flexibility index (Phi) is 4.78. The maximum atomic E-state index is 14.0.